The highest BCUT2D eigenvalue weighted by atomic mass is 32.2. The predicted molar refractivity (Wildman–Crippen MR) is 101 cm³/mol. The van der Waals surface area contributed by atoms with Crippen LogP contribution in [0.25, 0.3) is 0 Å². The molecular weight excluding hydrogens is 390 g/mol. The van der Waals surface area contributed by atoms with Gasteiger partial charge >= 0.3 is 6.61 Å². The summed E-state index contributed by atoms with van der Waals surface area (Å²) in [6.07, 6.45) is 0. The number of benzene rings is 2. The summed E-state index contributed by atoms with van der Waals surface area (Å²) in [6, 6.07) is 9.02. The van der Waals surface area contributed by atoms with E-state index in [4.69, 9.17) is 0 Å². The topological polar surface area (TPSA) is 75.7 Å². The molecule has 0 saturated heterocycles. The van der Waals surface area contributed by atoms with Crippen molar-refractivity contribution in [1.29, 1.82) is 0 Å². The monoisotopic (exact) mass is 412 g/mol. The molecule has 0 aliphatic rings. The molecule has 1 amide bonds. The molecule has 2 rings (SSSR count). The third-order valence-electron chi connectivity index (χ3n) is 4.27. The maximum atomic E-state index is 12.6. The highest BCUT2D eigenvalue weighted by Crippen LogP contribution is 2.24. The van der Waals surface area contributed by atoms with Gasteiger partial charge in [0.05, 0.1) is 4.90 Å². The molecule has 2 aromatic rings. The van der Waals surface area contributed by atoms with Gasteiger partial charge in [-0.05, 0) is 43.2 Å². The summed E-state index contributed by atoms with van der Waals surface area (Å²) in [5.41, 5.74) is 1.74. The summed E-state index contributed by atoms with van der Waals surface area (Å²) >= 11 is 0. The van der Waals surface area contributed by atoms with E-state index in [1.165, 1.54) is 26.2 Å². The van der Waals surface area contributed by atoms with Crippen LogP contribution in [0.3, 0.4) is 0 Å². The lowest BCUT2D eigenvalue weighted by atomic mass is 10.1. The Morgan fingerprint density at radius 1 is 1.18 bits per heavy atom. The Bertz CT molecular complexity index is 976. The first-order valence-electron chi connectivity index (χ1n) is 8.38. The highest BCUT2D eigenvalue weighted by Gasteiger charge is 2.23. The van der Waals surface area contributed by atoms with Crippen molar-refractivity contribution in [3.63, 3.8) is 0 Å². The average molecular weight is 412 g/mol. The van der Waals surface area contributed by atoms with Gasteiger partial charge in [-0.2, -0.15) is 8.78 Å². The zero-order valence-corrected chi connectivity index (χ0v) is 16.8. The Morgan fingerprint density at radius 2 is 1.82 bits per heavy atom. The molecule has 0 fully saturated rings. The Hall–Kier alpha value is -2.52. The van der Waals surface area contributed by atoms with Crippen molar-refractivity contribution in [2.75, 3.05) is 14.1 Å². The van der Waals surface area contributed by atoms with Crippen molar-refractivity contribution in [3.05, 3.63) is 58.7 Å². The number of rotatable bonds is 7. The molecule has 0 unspecified atom stereocenters. The van der Waals surface area contributed by atoms with Gasteiger partial charge in [-0.15, -0.1) is 0 Å². The molecule has 0 bridgehead atoms. The van der Waals surface area contributed by atoms with E-state index in [1.807, 2.05) is 0 Å². The van der Waals surface area contributed by atoms with Crippen LogP contribution in [0.4, 0.5) is 8.78 Å². The normalized spacial score (nSPS) is 11.7. The Kier molecular flexibility index (Phi) is 6.73. The maximum Gasteiger partial charge on any atom is 0.387 e. The van der Waals surface area contributed by atoms with Crippen molar-refractivity contribution in [1.82, 2.24) is 9.62 Å². The van der Waals surface area contributed by atoms with Crippen molar-refractivity contribution in [2.45, 2.75) is 31.9 Å². The quantitative estimate of drug-likeness (QED) is 0.758. The minimum atomic E-state index is -3.72. The van der Waals surface area contributed by atoms with Crippen molar-refractivity contribution in [2.24, 2.45) is 0 Å². The van der Waals surface area contributed by atoms with E-state index in [0.29, 0.717) is 16.7 Å². The number of hydrogen-bond donors (Lipinski definition) is 1. The third kappa shape index (κ3) is 4.85. The van der Waals surface area contributed by atoms with E-state index >= 15 is 0 Å². The SMILES string of the molecule is Cc1cc(C(=O)NCc2ccccc2OC(F)F)cc(S(=O)(=O)N(C)C)c1C. The fraction of sp³-hybridized carbons (Fsp3) is 0.316. The average Bonchev–Trinajstić information content (AvgIpc) is 2.62. The standard InChI is InChI=1S/C19H22F2N2O4S/c1-12-9-15(10-17(13(12)2)28(25,26)23(3)4)18(24)22-11-14-7-5-6-8-16(14)27-19(20)21/h5-10,19H,11H2,1-4H3,(H,22,24). The Balaban J connectivity index is 2.28. The summed E-state index contributed by atoms with van der Waals surface area (Å²) in [6.45, 7) is 0.359. The second kappa shape index (κ2) is 8.66. The van der Waals surface area contributed by atoms with E-state index in [0.717, 1.165) is 4.31 Å². The molecule has 0 aliphatic heterocycles. The zero-order valence-electron chi connectivity index (χ0n) is 16.0. The van der Waals surface area contributed by atoms with Crippen LogP contribution < -0.4 is 10.1 Å². The van der Waals surface area contributed by atoms with Crippen LogP contribution >= 0.6 is 0 Å². The van der Waals surface area contributed by atoms with Gasteiger partial charge in [0.1, 0.15) is 5.75 Å². The van der Waals surface area contributed by atoms with E-state index < -0.39 is 22.5 Å². The molecule has 0 spiro atoms. The van der Waals surface area contributed by atoms with Gasteiger partial charge in [-0.1, -0.05) is 18.2 Å². The number of hydrogen-bond acceptors (Lipinski definition) is 4. The lowest BCUT2D eigenvalue weighted by molar-refractivity contribution is -0.0504. The van der Waals surface area contributed by atoms with E-state index in [1.54, 1.807) is 38.1 Å². The molecule has 9 heteroatoms. The number of nitrogens with one attached hydrogen (secondary N) is 1. The lowest BCUT2D eigenvalue weighted by Gasteiger charge is -2.17. The van der Waals surface area contributed by atoms with Crippen LogP contribution in [0.5, 0.6) is 5.75 Å². The van der Waals surface area contributed by atoms with Gasteiger partial charge in [0.15, 0.2) is 0 Å². The number of ether oxygens (including phenoxy) is 1. The number of amides is 1. The van der Waals surface area contributed by atoms with E-state index in [2.05, 4.69) is 10.1 Å². The summed E-state index contributed by atoms with van der Waals surface area (Å²) in [5.74, 6) is -0.557. The first kappa shape index (κ1) is 21.8. The minimum Gasteiger partial charge on any atom is -0.434 e. The fourth-order valence-electron chi connectivity index (χ4n) is 2.56. The minimum absolute atomic E-state index is 0.0336. The van der Waals surface area contributed by atoms with Gasteiger partial charge < -0.3 is 10.1 Å². The Labute approximate surface area is 163 Å². The number of carbonyl (C=O) groups excluding carboxylic acids is 1. The first-order valence-corrected chi connectivity index (χ1v) is 9.82. The van der Waals surface area contributed by atoms with Gasteiger partial charge in [0, 0.05) is 31.8 Å². The number of halogens is 2. The van der Waals surface area contributed by atoms with E-state index in [-0.39, 0.29) is 22.8 Å². The molecule has 0 saturated carbocycles. The molecule has 0 heterocycles. The number of sulfonamides is 1. The number of alkyl halides is 2. The second-order valence-corrected chi connectivity index (χ2v) is 8.49. The molecule has 152 valence electrons. The van der Waals surface area contributed by atoms with Gasteiger partial charge in [-0.25, -0.2) is 12.7 Å². The number of para-hydroxylation sites is 1. The summed E-state index contributed by atoms with van der Waals surface area (Å²) in [7, 11) is -0.896. The molecule has 0 aromatic heterocycles. The van der Waals surface area contributed by atoms with Crippen LogP contribution in [0.2, 0.25) is 0 Å². The van der Waals surface area contributed by atoms with Crippen molar-refractivity contribution >= 4 is 15.9 Å². The van der Waals surface area contributed by atoms with Crippen LogP contribution in [0, 0.1) is 13.8 Å². The number of carbonyl (C=O) groups is 1. The molecule has 28 heavy (non-hydrogen) atoms. The van der Waals surface area contributed by atoms with Crippen LogP contribution in [0.1, 0.15) is 27.0 Å². The van der Waals surface area contributed by atoms with Crippen LogP contribution in [-0.2, 0) is 16.6 Å². The Morgan fingerprint density at radius 3 is 2.43 bits per heavy atom. The van der Waals surface area contributed by atoms with Crippen molar-refractivity contribution < 1.29 is 26.7 Å². The largest absolute Gasteiger partial charge is 0.434 e. The van der Waals surface area contributed by atoms with Gasteiger partial charge in [-0.3, -0.25) is 4.79 Å². The summed E-state index contributed by atoms with van der Waals surface area (Å²) < 4.78 is 55.5. The number of nitrogens with zero attached hydrogens (tertiary/aromatic N) is 1. The van der Waals surface area contributed by atoms with Gasteiger partial charge in [0.2, 0.25) is 10.0 Å². The first-order chi connectivity index (χ1) is 13.0. The molecule has 0 atom stereocenters. The second-order valence-electron chi connectivity index (χ2n) is 6.37. The number of aryl methyl sites for hydroxylation is 1. The molecule has 1 N–H and O–H groups in total. The van der Waals surface area contributed by atoms with Crippen molar-refractivity contribution in [3.8, 4) is 5.75 Å². The molecule has 6 nitrogen and oxygen atoms in total. The summed E-state index contributed by atoms with van der Waals surface area (Å²) in [5, 5.41) is 2.61. The van der Waals surface area contributed by atoms with Crippen LogP contribution in [-0.4, -0.2) is 39.3 Å². The fourth-order valence-corrected chi connectivity index (χ4v) is 3.78. The summed E-state index contributed by atoms with van der Waals surface area (Å²) in [4.78, 5) is 12.6. The smallest absolute Gasteiger partial charge is 0.387 e. The molecular formula is C19H22F2N2O4S. The maximum absolute atomic E-state index is 12.6. The van der Waals surface area contributed by atoms with Gasteiger partial charge in [0.25, 0.3) is 5.91 Å². The third-order valence-corrected chi connectivity index (χ3v) is 6.21. The van der Waals surface area contributed by atoms with Crippen LogP contribution in [0.15, 0.2) is 41.3 Å². The zero-order chi connectivity index (χ0) is 21.1. The lowest BCUT2D eigenvalue weighted by Crippen LogP contribution is -2.26. The molecule has 0 radical (unpaired) electrons. The predicted octanol–water partition coefficient (Wildman–Crippen LogP) is 3.09. The van der Waals surface area contributed by atoms with E-state index in [9.17, 15) is 22.0 Å². The molecule has 2 aromatic carbocycles. The highest BCUT2D eigenvalue weighted by molar-refractivity contribution is 7.89. The molecule has 0 aliphatic carbocycles.